The quantitative estimate of drug-likeness (QED) is 0.601. The largest absolute Gasteiger partial charge is 0.353 e. The zero-order valence-electron chi connectivity index (χ0n) is 16.5. The number of carbonyl (C=O) groups is 3. The van der Waals surface area contributed by atoms with Crippen molar-refractivity contribution >= 4 is 29.2 Å². The van der Waals surface area contributed by atoms with Crippen molar-refractivity contribution < 1.29 is 14.4 Å². The standard InChI is InChI=1S/C22H26N4O3/c1-26(19-9-3-2-4-10-19)21(28)16-7-5-8-18(15-16)25-22(29)23-14-6-11-20(27)24-17-12-13-17/h2-5,7-10,15,17H,6,11-14H2,1H3,(H,24,27)(H2,23,25,29). The topological polar surface area (TPSA) is 90.5 Å². The van der Waals surface area contributed by atoms with Crippen molar-refractivity contribution in [3.8, 4) is 0 Å². The van der Waals surface area contributed by atoms with E-state index in [4.69, 9.17) is 0 Å². The summed E-state index contributed by atoms with van der Waals surface area (Å²) in [4.78, 5) is 37.9. The Morgan fingerprint density at radius 2 is 1.79 bits per heavy atom. The third kappa shape index (κ3) is 6.34. The zero-order valence-corrected chi connectivity index (χ0v) is 16.5. The molecule has 0 atom stereocenters. The number of anilines is 2. The van der Waals surface area contributed by atoms with E-state index in [-0.39, 0.29) is 17.8 Å². The first-order valence-corrected chi connectivity index (χ1v) is 9.80. The molecule has 0 saturated heterocycles. The maximum atomic E-state index is 12.7. The fourth-order valence-corrected chi connectivity index (χ4v) is 2.85. The summed E-state index contributed by atoms with van der Waals surface area (Å²) < 4.78 is 0. The van der Waals surface area contributed by atoms with Gasteiger partial charge in [-0.3, -0.25) is 9.59 Å². The molecule has 1 fully saturated rings. The van der Waals surface area contributed by atoms with Gasteiger partial charge >= 0.3 is 6.03 Å². The second-order valence-electron chi connectivity index (χ2n) is 7.11. The molecule has 3 rings (SSSR count). The van der Waals surface area contributed by atoms with Crippen LogP contribution in [0.1, 0.15) is 36.0 Å². The summed E-state index contributed by atoms with van der Waals surface area (Å²) in [5, 5.41) is 8.37. The first kappa shape index (κ1) is 20.4. The van der Waals surface area contributed by atoms with Gasteiger partial charge in [0.25, 0.3) is 5.91 Å². The fraction of sp³-hybridized carbons (Fsp3) is 0.318. The third-order valence-electron chi connectivity index (χ3n) is 4.62. The maximum Gasteiger partial charge on any atom is 0.319 e. The van der Waals surface area contributed by atoms with Crippen LogP contribution in [0.15, 0.2) is 54.6 Å². The molecular weight excluding hydrogens is 368 g/mol. The zero-order chi connectivity index (χ0) is 20.6. The number of nitrogens with zero attached hydrogens (tertiary/aromatic N) is 1. The van der Waals surface area contributed by atoms with Crippen LogP contribution >= 0.6 is 0 Å². The molecule has 2 aromatic rings. The molecule has 0 aliphatic heterocycles. The average Bonchev–Trinajstić information content (AvgIpc) is 3.55. The summed E-state index contributed by atoms with van der Waals surface area (Å²) in [6.07, 6.45) is 3.10. The lowest BCUT2D eigenvalue weighted by molar-refractivity contribution is -0.121. The summed E-state index contributed by atoms with van der Waals surface area (Å²) in [6, 6.07) is 16.2. The highest BCUT2D eigenvalue weighted by atomic mass is 16.2. The van der Waals surface area contributed by atoms with Gasteiger partial charge in [-0.05, 0) is 49.6 Å². The van der Waals surface area contributed by atoms with Crippen LogP contribution < -0.4 is 20.9 Å². The number of nitrogens with one attached hydrogen (secondary N) is 3. The lowest BCUT2D eigenvalue weighted by atomic mass is 10.1. The van der Waals surface area contributed by atoms with Crippen LogP contribution in [0.2, 0.25) is 0 Å². The molecule has 29 heavy (non-hydrogen) atoms. The molecule has 0 bridgehead atoms. The molecule has 2 aromatic carbocycles. The minimum Gasteiger partial charge on any atom is -0.353 e. The number of hydrogen-bond acceptors (Lipinski definition) is 3. The molecule has 0 radical (unpaired) electrons. The van der Waals surface area contributed by atoms with Crippen molar-refractivity contribution in [2.24, 2.45) is 0 Å². The summed E-state index contributed by atoms with van der Waals surface area (Å²) in [5.41, 5.74) is 1.80. The van der Waals surface area contributed by atoms with E-state index in [9.17, 15) is 14.4 Å². The number of hydrogen-bond donors (Lipinski definition) is 3. The fourth-order valence-electron chi connectivity index (χ4n) is 2.85. The molecule has 1 aliphatic rings. The Hall–Kier alpha value is -3.35. The van der Waals surface area contributed by atoms with Crippen molar-refractivity contribution in [1.82, 2.24) is 10.6 Å². The summed E-state index contributed by atoms with van der Waals surface area (Å²) >= 11 is 0. The van der Waals surface area contributed by atoms with E-state index in [1.54, 1.807) is 36.2 Å². The Bertz CT molecular complexity index is 865. The Morgan fingerprint density at radius 3 is 2.52 bits per heavy atom. The number of para-hydroxylation sites is 1. The molecule has 0 heterocycles. The minimum atomic E-state index is -0.367. The van der Waals surface area contributed by atoms with E-state index >= 15 is 0 Å². The summed E-state index contributed by atoms with van der Waals surface area (Å²) in [5.74, 6) is -0.134. The van der Waals surface area contributed by atoms with Gasteiger partial charge in [0.15, 0.2) is 0 Å². The Kier molecular flexibility index (Phi) is 6.84. The highest BCUT2D eigenvalue weighted by molar-refractivity contribution is 6.06. The van der Waals surface area contributed by atoms with Crippen molar-refractivity contribution in [2.75, 3.05) is 23.8 Å². The van der Waals surface area contributed by atoms with E-state index in [0.29, 0.717) is 36.7 Å². The molecule has 0 spiro atoms. The predicted octanol–water partition coefficient (Wildman–Crippen LogP) is 3.14. The normalized spacial score (nSPS) is 12.7. The van der Waals surface area contributed by atoms with Crippen LogP contribution in [0.5, 0.6) is 0 Å². The van der Waals surface area contributed by atoms with Crippen LogP contribution in [-0.2, 0) is 4.79 Å². The highest BCUT2D eigenvalue weighted by Gasteiger charge is 2.22. The molecule has 152 valence electrons. The number of rotatable bonds is 8. The SMILES string of the molecule is CN(C(=O)c1cccc(NC(=O)NCCCC(=O)NC2CC2)c1)c1ccccc1. The first-order chi connectivity index (χ1) is 14.0. The second-order valence-corrected chi connectivity index (χ2v) is 7.11. The van der Waals surface area contributed by atoms with Gasteiger partial charge < -0.3 is 20.9 Å². The van der Waals surface area contributed by atoms with Crippen molar-refractivity contribution in [1.29, 1.82) is 0 Å². The van der Waals surface area contributed by atoms with Gasteiger partial charge in [0.1, 0.15) is 0 Å². The monoisotopic (exact) mass is 394 g/mol. The Labute approximate surface area is 170 Å². The minimum absolute atomic E-state index is 0.0310. The number of carbonyl (C=O) groups excluding carboxylic acids is 3. The van der Waals surface area contributed by atoms with Crippen LogP contribution in [0, 0.1) is 0 Å². The van der Waals surface area contributed by atoms with Gasteiger partial charge in [-0.2, -0.15) is 0 Å². The van der Waals surface area contributed by atoms with E-state index < -0.39 is 0 Å². The van der Waals surface area contributed by atoms with E-state index in [0.717, 1.165) is 18.5 Å². The first-order valence-electron chi connectivity index (χ1n) is 9.80. The maximum absolute atomic E-state index is 12.7. The van der Waals surface area contributed by atoms with Crippen molar-refractivity contribution in [3.05, 3.63) is 60.2 Å². The van der Waals surface area contributed by atoms with Gasteiger partial charge in [0.05, 0.1) is 0 Å². The average molecular weight is 394 g/mol. The molecule has 0 aromatic heterocycles. The summed E-state index contributed by atoms with van der Waals surface area (Å²) in [7, 11) is 1.71. The molecule has 7 heteroatoms. The Balaban J connectivity index is 1.46. The molecule has 3 N–H and O–H groups in total. The molecule has 0 unspecified atom stereocenters. The molecule has 1 saturated carbocycles. The van der Waals surface area contributed by atoms with E-state index in [1.165, 1.54) is 0 Å². The second kappa shape index (κ2) is 9.73. The van der Waals surface area contributed by atoms with Crippen molar-refractivity contribution in [3.63, 3.8) is 0 Å². The highest BCUT2D eigenvalue weighted by Crippen LogP contribution is 2.19. The summed E-state index contributed by atoms with van der Waals surface area (Å²) in [6.45, 7) is 0.402. The lowest BCUT2D eigenvalue weighted by Crippen LogP contribution is -2.31. The van der Waals surface area contributed by atoms with Crippen molar-refractivity contribution in [2.45, 2.75) is 31.7 Å². The van der Waals surface area contributed by atoms with Crippen LogP contribution in [0.3, 0.4) is 0 Å². The van der Waals surface area contributed by atoms with Crippen LogP contribution in [0.4, 0.5) is 16.2 Å². The van der Waals surface area contributed by atoms with E-state index in [1.807, 2.05) is 30.3 Å². The molecular formula is C22H26N4O3. The number of amides is 4. The Morgan fingerprint density at radius 1 is 1.03 bits per heavy atom. The molecule has 4 amide bonds. The van der Waals surface area contributed by atoms with Gasteiger partial charge in [-0.15, -0.1) is 0 Å². The number of benzene rings is 2. The van der Waals surface area contributed by atoms with Gasteiger partial charge in [0, 0.05) is 43.0 Å². The molecule has 1 aliphatic carbocycles. The number of urea groups is 1. The van der Waals surface area contributed by atoms with Crippen LogP contribution in [-0.4, -0.2) is 37.5 Å². The smallest absolute Gasteiger partial charge is 0.319 e. The van der Waals surface area contributed by atoms with Gasteiger partial charge in [0.2, 0.25) is 5.91 Å². The third-order valence-corrected chi connectivity index (χ3v) is 4.62. The van der Waals surface area contributed by atoms with Gasteiger partial charge in [-0.1, -0.05) is 24.3 Å². The predicted molar refractivity (Wildman–Crippen MR) is 113 cm³/mol. The molecule has 7 nitrogen and oxygen atoms in total. The van der Waals surface area contributed by atoms with Crippen LogP contribution in [0.25, 0.3) is 0 Å². The van der Waals surface area contributed by atoms with Gasteiger partial charge in [-0.25, -0.2) is 4.79 Å². The lowest BCUT2D eigenvalue weighted by Gasteiger charge is -2.17. The van der Waals surface area contributed by atoms with E-state index in [2.05, 4.69) is 16.0 Å².